The maximum atomic E-state index is 11.4. The monoisotopic (exact) mass is 1440 g/mol. The molecule has 0 saturated carbocycles. The third-order valence-electron chi connectivity index (χ3n) is 20.8. The van der Waals surface area contributed by atoms with Gasteiger partial charge >= 0.3 is 23.9 Å². The van der Waals surface area contributed by atoms with Crippen LogP contribution in [0.5, 0.6) is 23.0 Å². The summed E-state index contributed by atoms with van der Waals surface area (Å²) in [5.74, 6) is -0.829. The number of ether oxygens (including phenoxy) is 4. The molecule has 0 saturated heterocycles. The van der Waals surface area contributed by atoms with Crippen LogP contribution in [0.4, 0.5) is 0 Å². The van der Waals surface area contributed by atoms with Gasteiger partial charge in [0.2, 0.25) is 0 Å². The molecule has 13 aromatic rings. The summed E-state index contributed by atoms with van der Waals surface area (Å²) >= 11 is 0. The Balaban J connectivity index is 1.03. The molecule has 0 fully saturated rings. The number of rotatable bonds is 34. The number of H-pyrrole nitrogens is 2. The highest BCUT2D eigenvalue weighted by molar-refractivity contribution is 6.21. The van der Waals surface area contributed by atoms with Crippen molar-refractivity contribution < 1.29 is 58.6 Å². The standard InChI is InChI=1S/C92H86N4O12/c97-83(98)33-9-1-5-21-37-105-67-41-65(42-68(53-67)106-38-22-6-2-10-34-84(99)100)87-89-75-49-61-29-17-13-25-57(61)45-71(75)79(93-89)55-81-73-47-59-27-15-19-31-63(59)51-77(73)91(95-81)88(66-43-69(107-39-23-7-3-11-35-85(101)102)54-70(44-66)108-40-24-8-4-12-36-86(103)104)92-78-52-64-32-20-16-28-60(64)48-74(78)82(96-92)56-80-72-46-58-26-14-18-30-62(58)50-76(72)90(87)94-80/h13-20,25-32,41-56,93,96H,1-12,21-24,33-40H2,(H,97,98)(H,99,100)(H,101,102)(H,103,104). The number of nitrogens with zero attached hydrogens (tertiary/aromatic N) is 2. The molecule has 16 nitrogen and oxygen atoms in total. The van der Waals surface area contributed by atoms with E-state index in [1.54, 1.807) is 0 Å². The second-order valence-corrected chi connectivity index (χ2v) is 28.5. The average Bonchev–Trinajstić information content (AvgIpc) is 1.56. The molecule has 0 amide bonds. The molecule has 0 unspecified atom stereocenters. The van der Waals surface area contributed by atoms with Gasteiger partial charge < -0.3 is 49.3 Å². The molecule has 15 rings (SSSR count). The van der Waals surface area contributed by atoms with Crippen molar-refractivity contribution >= 4 is 111 Å². The highest BCUT2D eigenvalue weighted by atomic mass is 16.5. The highest BCUT2D eigenvalue weighted by Gasteiger charge is 2.29. The molecule has 3 aromatic heterocycles. The second-order valence-electron chi connectivity index (χ2n) is 28.5. The molecular weight excluding hydrogens is 1350 g/mol. The Kier molecular flexibility index (Phi) is 21.7. The van der Waals surface area contributed by atoms with E-state index in [9.17, 15) is 39.6 Å². The van der Waals surface area contributed by atoms with E-state index in [0.717, 1.165) is 205 Å². The number of carbonyl (C=O) groups is 4. The lowest BCUT2D eigenvalue weighted by atomic mass is 9.93. The Morgan fingerprint density at radius 1 is 0.287 bits per heavy atom. The fraction of sp³-hybridized carbons (Fsp3) is 0.261. The van der Waals surface area contributed by atoms with E-state index in [1.165, 1.54) is 0 Å². The maximum Gasteiger partial charge on any atom is 0.303 e. The number of hydrogen-bond donors (Lipinski definition) is 6. The number of carboxylic acids is 4. The lowest BCUT2D eigenvalue weighted by Gasteiger charge is -2.15. The third kappa shape index (κ3) is 16.2. The van der Waals surface area contributed by atoms with Gasteiger partial charge in [-0.05, 0) is 191 Å². The highest BCUT2D eigenvalue weighted by Crippen LogP contribution is 2.51. The van der Waals surface area contributed by atoms with Crippen LogP contribution in [0, 0.1) is 0 Å². The first-order chi connectivity index (χ1) is 52.8. The number of benzene rings is 10. The van der Waals surface area contributed by atoms with Crippen LogP contribution in [0.2, 0.25) is 0 Å². The summed E-state index contributed by atoms with van der Waals surface area (Å²) in [5, 5.41) is 49.7. The maximum absolute atomic E-state index is 11.4. The molecular formula is C92H86N4O12. The zero-order chi connectivity index (χ0) is 74.0. The van der Waals surface area contributed by atoms with Gasteiger partial charge in [-0.3, -0.25) is 19.2 Å². The van der Waals surface area contributed by atoms with E-state index < -0.39 is 23.9 Å². The van der Waals surface area contributed by atoms with Gasteiger partial charge in [-0.1, -0.05) is 148 Å². The molecule has 2 aliphatic rings. The van der Waals surface area contributed by atoms with Crippen molar-refractivity contribution in [1.29, 1.82) is 0 Å². The van der Waals surface area contributed by atoms with Gasteiger partial charge in [-0.15, -0.1) is 0 Å². The Hall–Kier alpha value is -12.0. The average molecular weight is 1440 g/mol. The minimum atomic E-state index is -0.803. The molecule has 108 heavy (non-hydrogen) atoms. The Labute approximate surface area is 625 Å². The van der Waals surface area contributed by atoms with Crippen molar-refractivity contribution in [2.45, 2.75) is 128 Å². The van der Waals surface area contributed by atoms with E-state index in [2.05, 4.69) is 192 Å². The van der Waals surface area contributed by atoms with E-state index in [4.69, 9.17) is 28.9 Å². The first-order valence-electron chi connectivity index (χ1n) is 38.0. The number of carboxylic acid groups (broad SMARTS) is 4. The molecule has 16 heteroatoms. The summed E-state index contributed by atoms with van der Waals surface area (Å²) in [4.78, 5) is 66.0. The predicted molar refractivity (Wildman–Crippen MR) is 431 cm³/mol. The van der Waals surface area contributed by atoms with Crippen LogP contribution in [0.3, 0.4) is 0 Å². The predicted octanol–water partition coefficient (Wildman–Crippen LogP) is 22.9. The summed E-state index contributed by atoms with van der Waals surface area (Å²) in [5.41, 5.74) is 13.0. The molecule has 0 aliphatic carbocycles. The zero-order valence-corrected chi connectivity index (χ0v) is 60.4. The van der Waals surface area contributed by atoms with Gasteiger partial charge in [0.15, 0.2) is 0 Å². The molecule has 0 atom stereocenters. The molecule has 2 aliphatic heterocycles. The van der Waals surface area contributed by atoms with Gasteiger partial charge in [0, 0.05) is 104 Å². The Morgan fingerprint density at radius 2 is 0.546 bits per heavy atom. The fourth-order valence-corrected chi connectivity index (χ4v) is 15.4. The number of hydrogen-bond acceptors (Lipinski definition) is 10. The van der Waals surface area contributed by atoms with Gasteiger partial charge in [-0.2, -0.15) is 0 Å². The number of nitrogens with one attached hydrogen (secondary N) is 2. The minimum absolute atomic E-state index is 0.121. The number of fused-ring (bicyclic) bond motifs is 24. The summed E-state index contributed by atoms with van der Waals surface area (Å²) in [6.45, 7) is 1.55. The quantitative estimate of drug-likeness (QED) is 0.0206. The van der Waals surface area contributed by atoms with Crippen molar-refractivity contribution in [3.05, 3.63) is 194 Å². The molecule has 5 heterocycles. The van der Waals surface area contributed by atoms with E-state index >= 15 is 0 Å². The van der Waals surface area contributed by atoms with Crippen LogP contribution in [-0.4, -0.2) is 90.7 Å². The number of aliphatic carboxylic acids is 4. The number of unbranched alkanes of at least 4 members (excludes halogenated alkanes) is 12. The molecule has 546 valence electrons. The number of aromatic nitrogens is 4. The third-order valence-corrected chi connectivity index (χ3v) is 20.8. The fourth-order valence-electron chi connectivity index (χ4n) is 15.4. The summed E-state index contributed by atoms with van der Waals surface area (Å²) < 4.78 is 27.1. The molecule has 8 bridgehead atoms. The lowest BCUT2D eigenvalue weighted by Crippen LogP contribution is -2.01. The normalized spacial score (nSPS) is 11.8. The van der Waals surface area contributed by atoms with Crippen LogP contribution in [0.15, 0.2) is 194 Å². The summed E-state index contributed by atoms with van der Waals surface area (Å²) in [7, 11) is 0. The minimum Gasteiger partial charge on any atom is -0.493 e. The topological polar surface area (TPSA) is 243 Å². The van der Waals surface area contributed by atoms with E-state index in [0.29, 0.717) is 101 Å². The molecule has 0 radical (unpaired) electrons. The number of aromatic amines is 2. The van der Waals surface area contributed by atoms with E-state index in [1.807, 2.05) is 12.1 Å². The molecule has 6 N–H and O–H groups in total. The van der Waals surface area contributed by atoms with E-state index in [-0.39, 0.29) is 25.7 Å². The van der Waals surface area contributed by atoms with Crippen LogP contribution >= 0.6 is 0 Å². The van der Waals surface area contributed by atoms with Crippen LogP contribution < -0.4 is 18.9 Å². The van der Waals surface area contributed by atoms with Gasteiger partial charge in [0.05, 0.1) is 60.2 Å². The summed E-state index contributed by atoms with van der Waals surface area (Å²) in [6.07, 6.45) is 11.9. The Bertz CT molecular complexity index is 5350. The Morgan fingerprint density at radius 3 is 0.833 bits per heavy atom. The van der Waals surface area contributed by atoms with Crippen LogP contribution in [-0.2, 0) is 19.2 Å². The molecule has 10 aromatic carbocycles. The SMILES string of the molecule is O=C(O)CCCCCCOc1cc(OCCCCCCC(=O)O)cc(-c2c3nc(cc4[nH]c(c(-c5cc(OCCCCCCC(=O)O)cc(OCCCCCCC(=O)O)c5)c5nc(cc6[nH]c2c2cc7ccccc7cc62)-c2cc6ccccc6cc2-5)c2cc5ccccc5cc42)-c2cc4ccccc4cc2-3)c1. The van der Waals surface area contributed by atoms with Crippen molar-refractivity contribution in [3.63, 3.8) is 0 Å². The lowest BCUT2D eigenvalue weighted by molar-refractivity contribution is -0.138. The van der Waals surface area contributed by atoms with Crippen molar-refractivity contribution in [2.75, 3.05) is 26.4 Å². The largest absolute Gasteiger partial charge is 0.493 e. The second kappa shape index (κ2) is 32.8. The first kappa shape index (κ1) is 71.6. The zero-order valence-electron chi connectivity index (χ0n) is 60.4. The van der Waals surface area contributed by atoms with Gasteiger partial charge in [0.1, 0.15) is 23.0 Å². The molecule has 0 spiro atoms. The smallest absolute Gasteiger partial charge is 0.303 e. The van der Waals surface area contributed by atoms with Crippen molar-refractivity contribution in [2.24, 2.45) is 0 Å². The van der Waals surface area contributed by atoms with Crippen LogP contribution in [0.25, 0.3) is 154 Å². The first-order valence-corrected chi connectivity index (χ1v) is 38.0. The van der Waals surface area contributed by atoms with Gasteiger partial charge in [-0.25, -0.2) is 9.97 Å². The van der Waals surface area contributed by atoms with Gasteiger partial charge in [0.25, 0.3) is 0 Å². The van der Waals surface area contributed by atoms with Crippen molar-refractivity contribution in [1.82, 2.24) is 19.9 Å². The van der Waals surface area contributed by atoms with Crippen molar-refractivity contribution in [3.8, 4) is 90.3 Å². The summed E-state index contributed by atoms with van der Waals surface area (Å²) in [6, 6.07) is 68.4. The van der Waals surface area contributed by atoms with Crippen LogP contribution in [0.1, 0.15) is 128 Å².